The van der Waals surface area contributed by atoms with E-state index in [1.807, 2.05) is 0 Å². The van der Waals surface area contributed by atoms with Crippen LogP contribution in [0.5, 0.6) is 0 Å². The van der Waals surface area contributed by atoms with Gasteiger partial charge in [-0.25, -0.2) is 0 Å². The largest absolute Gasteiger partial charge is 0.324 e. The van der Waals surface area contributed by atoms with E-state index in [2.05, 4.69) is 55.1 Å². The van der Waals surface area contributed by atoms with Gasteiger partial charge in [0.05, 0.1) is 0 Å². The molecule has 15 heavy (non-hydrogen) atoms. The number of thiol groups is 1. The normalized spacial score (nSPS) is 12.9. The lowest BCUT2D eigenvalue weighted by Crippen LogP contribution is -2.10. The zero-order valence-electron chi connectivity index (χ0n) is 8.56. The van der Waals surface area contributed by atoms with Gasteiger partial charge in [0.25, 0.3) is 0 Å². The van der Waals surface area contributed by atoms with Crippen LogP contribution in [0.2, 0.25) is 0 Å². The minimum absolute atomic E-state index is 0.104. The van der Waals surface area contributed by atoms with Crippen molar-refractivity contribution in [3.63, 3.8) is 0 Å². The van der Waals surface area contributed by atoms with Gasteiger partial charge in [-0.2, -0.15) is 12.6 Å². The van der Waals surface area contributed by atoms with Crippen molar-refractivity contribution >= 4 is 23.4 Å². The highest BCUT2D eigenvalue weighted by atomic mass is 32.1. The molecule has 0 saturated heterocycles. The predicted octanol–water partition coefficient (Wildman–Crippen LogP) is 3.16. The van der Waals surface area contributed by atoms with Crippen molar-refractivity contribution in [3.8, 4) is 0 Å². The molecule has 2 aromatic rings. The molecule has 0 heterocycles. The molecule has 2 rings (SSSR count). The van der Waals surface area contributed by atoms with Crippen molar-refractivity contribution < 1.29 is 0 Å². The number of nitrogens with two attached hydrogens (primary N) is 1. The van der Waals surface area contributed by atoms with E-state index >= 15 is 0 Å². The Bertz CT molecular complexity index is 453. The first-order chi connectivity index (χ1) is 7.31. The van der Waals surface area contributed by atoms with Gasteiger partial charge in [-0.05, 0) is 34.6 Å². The Morgan fingerprint density at radius 2 is 1.80 bits per heavy atom. The third-order valence-electron chi connectivity index (χ3n) is 2.64. The first-order valence-electron chi connectivity index (χ1n) is 5.16. The van der Waals surface area contributed by atoms with Gasteiger partial charge in [0, 0.05) is 6.04 Å². The van der Waals surface area contributed by atoms with Crippen LogP contribution in [0.25, 0.3) is 10.8 Å². The van der Waals surface area contributed by atoms with Crippen molar-refractivity contribution in [3.05, 3.63) is 48.0 Å². The highest BCUT2D eigenvalue weighted by Crippen LogP contribution is 2.20. The molecule has 0 fully saturated rings. The fourth-order valence-corrected chi connectivity index (χ4v) is 2.02. The second-order valence-electron chi connectivity index (χ2n) is 3.73. The Kier molecular flexibility index (Phi) is 3.29. The molecular formula is C13H15NS. The third-order valence-corrected chi connectivity index (χ3v) is 2.90. The second kappa shape index (κ2) is 4.69. The fourth-order valence-electron chi connectivity index (χ4n) is 1.74. The topological polar surface area (TPSA) is 26.0 Å². The van der Waals surface area contributed by atoms with E-state index in [1.165, 1.54) is 16.3 Å². The lowest BCUT2D eigenvalue weighted by atomic mass is 10.0. The van der Waals surface area contributed by atoms with E-state index in [1.54, 1.807) is 0 Å². The fraction of sp³-hybridized carbons (Fsp3) is 0.231. The Morgan fingerprint density at radius 3 is 2.53 bits per heavy atom. The maximum absolute atomic E-state index is 6.05. The Morgan fingerprint density at radius 1 is 1.07 bits per heavy atom. The summed E-state index contributed by atoms with van der Waals surface area (Å²) in [5.41, 5.74) is 7.24. The monoisotopic (exact) mass is 217 g/mol. The van der Waals surface area contributed by atoms with Crippen LogP contribution in [0.1, 0.15) is 18.0 Å². The molecule has 2 heteroatoms. The Hall–Kier alpha value is -0.990. The lowest BCUT2D eigenvalue weighted by Gasteiger charge is -2.11. The summed E-state index contributed by atoms with van der Waals surface area (Å²) in [6.45, 7) is 0. The van der Waals surface area contributed by atoms with Crippen molar-refractivity contribution in [2.45, 2.75) is 12.5 Å². The summed E-state index contributed by atoms with van der Waals surface area (Å²) >= 11 is 4.20. The molecule has 78 valence electrons. The van der Waals surface area contributed by atoms with E-state index in [0.717, 1.165) is 12.2 Å². The van der Waals surface area contributed by atoms with Crippen molar-refractivity contribution in [1.29, 1.82) is 0 Å². The molecular weight excluding hydrogens is 202 g/mol. The molecule has 0 aliphatic rings. The van der Waals surface area contributed by atoms with Gasteiger partial charge >= 0.3 is 0 Å². The summed E-state index contributed by atoms with van der Waals surface area (Å²) in [6.07, 6.45) is 0.918. The van der Waals surface area contributed by atoms with E-state index in [4.69, 9.17) is 5.73 Å². The molecule has 2 aromatic carbocycles. The Balaban J connectivity index is 2.38. The second-order valence-corrected chi connectivity index (χ2v) is 4.17. The smallest absolute Gasteiger partial charge is 0.0302 e. The van der Waals surface area contributed by atoms with Crippen LogP contribution < -0.4 is 5.73 Å². The summed E-state index contributed by atoms with van der Waals surface area (Å²) in [4.78, 5) is 0. The number of fused-ring (bicyclic) bond motifs is 1. The predicted molar refractivity (Wildman–Crippen MR) is 69.3 cm³/mol. The minimum atomic E-state index is 0.104. The molecule has 1 atom stereocenters. The molecule has 2 N–H and O–H groups in total. The zero-order valence-corrected chi connectivity index (χ0v) is 9.45. The van der Waals surface area contributed by atoms with E-state index < -0.39 is 0 Å². The number of benzene rings is 2. The van der Waals surface area contributed by atoms with Gasteiger partial charge in [-0.1, -0.05) is 36.4 Å². The molecule has 0 bridgehead atoms. The number of rotatable bonds is 3. The molecule has 1 nitrogen and oxygen atoms in total. The minimum Gasteiger partial charge on any atom is -0.324 e. The Labute approximate surface area is 95.7 Å². The van der Waals surface area contributed by atoms with Gasteiger partial charge in [0.2, 0.25) is 0 Å². The molecule has 0 saturated carbocycles. The first kappa shape index (κ1) is 10.5. The maximum Gasteiger partial charge on any atom is 0.0302 e. The van der Waals surface area contributed by atoms with E-state index in [9.17, 15) is 0 Å². The van der Waals surface area contributed by atoms with Crippen molar-refractivity contribution in [1.82, 2.24) is 0 Å². The molecule has 0 spiro atoms. The van der Waals surface area contributed by atoms with Crippen molar-refractivity contribution in [2.75, 3.05) is 5.75 Å². The van der Waals surface area contributed by atoms with E-state index in [-0.39, 0.29) is 6.04 Å². The summed E-state index contributed by atoms with van der Waals surface area (Å²) in [7, 11) is 0. The van der Waals surface area contributed by atoms with Crippen LogP contribution in [0.3, 0.4) is 0 Å². The number of hydrogen-bond donors (Lipinski definition) is 2. The van der Waals surface area contributed by atoms with Crippen LogP contribution in [-0.2, 0) is 0 Å². The quantitative estimate of drug-likeness (QED) is 0.759. The van der Waals surface area contributed by atoms with Gasteiger partial charge < -0.3 is 5.73 Å². The standard InChI is InChI=1S/C13H15NS/c14-13(7-8-15)12-6-5-10-3-1-2-4-11(10)9-12/h1-6,9,13,15H,7-8,14H2. The van der Waals surface area contributed by atoms with Gasteiger partial charge in [-0.3, -0.25) is 0 Å². The molecule has 0 amide bonds. The van der Waals surface area contributed by atoms with Crippen LogP contribution >= 0.6 is 12.6 Å². The SMILES string of the molecule is NC(CCS)c1ccc2ccccc2c1. The molecule has 0 radical (unpaired) electrons. The summed E-state index contributed by atoms with van der Waals surface area (Å²) < 4.78 is 0. The molecule has 0 aromatic heterocycles. The molecule has 1 unspecified atom stereocenters. The summed E-state index contributed by atoms with van der Waals surface area (Å²) in [5.74, 6) is 0.827. The zero-order chi connectivity index (χ0) is 10.7. The first-order valence-corrected chi connectivity index (χ1v) is 5.79. The lowest BCUT2D eigenvalue weighted by molar-refractivity contribution is 0.707. The van der Waals surface area contributed by atoms with Crippen LogP contribution in [0.15, 0.2) is 42.5 Å². The van der Waals surface area contributed by atoms with Crippen molar-refractivity contribution in [2.24, 2.45) is 5.73 Å². The van der Waals surface area contributed by atoms with Gasteiger partial charge in [0.15, 0.2) is 0 Å². The van der Waals surface area contributed by atoms with Crippen LogP contribution in [-0.4, -0.2) is 5.75 Å². The third kappa shape index (κ3) is 2.33. The van der Waals surface area contributed by atoms with Gasteiger partial charge in [-0.15, -0.1) is 0 Å². The summed E-state index contributed by atoms with van der Waals surface area (Å²) in [6, 6.07) is 14.8. The number of hydrogen-bond acceptors (Lipinski definition) is 2. The molecule has 0 aliphatic carbocycles. The average Bonchev–Trinajstić information content (AvgIpc) is 2.29. The van der Waals surface area contributed by atoms with Gasteiger partial charge in [0.1, 0.15) is 0 Å². The van der Waals surface area contributed by atoms with Crippen LogP contribution in [0.4, 0.5) is 0 Å². The van der Waals surface area contributed by atoms with Crippen LogP contribution in [0, 0.1) is 0 Å². The van der Waals surface area contributed by atoms with E-state index in [0.29, 0.717) is 0 Å². The maximum atomic E-state index is 6.05. The highest BCUT2D eigenvalue weighted by molar-refractivity contribution is 7.80. The average molecular weight is 217 g/mol. The molecule has 0 aliphatic heterocycles. The summed E-state index contributed by atoms with van der Waals surface area (Å²) in [5, 5.41) is 2.52. The highest BCUT2D eigenvalue weighted by Gasteiger charge is 2.04.